The van der Waals surface area contributed by atoms with Crippen molar-refractivity contribution >= 4 is 10.0 Å². The number of aryl methyl sites for hydroxylation is 1. The highest BCUT2D eigenvalue weighted by Gasteiger charge is 2.19. The first kappa shape index (κ1) is 16.3. The van der Waals surface area contributed by atoms with E-state index in [0.717, 1.165) is 11.1 Å². The lowest BCUT2D eigenvalue weighted by atomic mass is 10.2. The average Bonchev–Trinajstić information content (AvgIpc) is 2.53. The Hall–Kier alpha value is -2.05. The van der Waals surface area contributed by atoms with Crippen LogP contribution in [-0.4, -0.2) is 22.6 Å². The molecular weight excluding hydrogens is 302 g/mol. The first-order valence-corrected chi connectivity index (χ1v) is 8.22. The largest absolute Gasteiger partial charge is 0.497 e. The molecule has 118 valence electrons. The quantitative estimate of drug-likeness (QED) is 0.888. The van der Waals surface area contributed by atoms with Crippen molar-refractivity contribution in [3.8, 4) is 11.5 Å². The molecule has 2 aromatic carbocycles. The van der Waals surface area contributed by atoms with Gasteiger partial charge in [-0.1, -0.05) is 18.2 Å². The van der Waals surface area contributed by atoms with E-state index in [0.29, 0.717) is 11.5 Å². The van der Waals surface area contributed by atoms with Crippen LogP contribution in [0, 0.1) is 6.92 Å². The van der Waals surface area contributed by atoms with E-state index in [1.807, 2.05) is 25.1 Å². The molecule has 1 N–H and O–H groups in total. The van der Waals surface area contributed by atoms with E-state index < -0.39 is 10.0 Å². The lowest BCUT2D eigenvalue weighted by molar-refractivity contribution is 0.402. The second kappa shape index (κ2) is 6.81. The standard InChI is InChI=1S/C16H19NO4S/c1-12-7-8-15(21-3)16(9-12)22(18,19)17-11-13-5-4-6-14(10-13)20-2/h4-10,17H,11H2,1-3H3. The maximum Gasteiger partial charge on any atom is 0.244 e. The summed E-state index contributed by atoms with van der Waals surface area (Å²) in [6.45, 7) is 2.01. The third kappa shape index (κ3) is 3.78. The molecule has 0 amide bonds. The highest BCUT2D eigenvalue weighted by molar-refractivity contribution is 7.89. The Morgan fingerprint density at radius 1 is 1.05 bits per heavy atom. The number of methoxy groups -OCH3 is 2. The number of hydrogen-bond acceptors (Lipinski definition) is 4. The third-order valence-corrected chi connectivity index (χ3v) is 4.63. The first-order valence-electron chi connectivity index (χ1n) is 6.73. The normalized spacial score (nSPS) is 11.2. The van der Waals surface area contributed by atoms with E-state index in [1.165, 1.54) is 7.11 Å². The Kier molecular flexibility index (Phi) is 5.05. The number of benzene rings is 2. The van der Waals surface area contributed by atoms with Gasteiger partial charge in [0.1, 0.15) is 16.4 Å². The molecule has 0 atom stereocenters. The van der Waals surface area contributed by atoms with Crippen LogP contribution in [0.1, 0.15) is 11.1 Å². The van der Waals surface area contributed by atoms with Gasteiger partial charge in [0.25, 0.3) is 0 Å². The third-order valence-electron chi connectivity index (χ3n) is 3.21. The minimum Gasteiger partial charge on any atom is -0.497 e. The van der Waals surface area contributed by atoms with Crippen molar-refractivity contribution in [3.63, 3.8) is 0 Å². The molecule has 6 heteroatoms. The topological polar surface area (TPSA) is 64.6 Å². The van der Waals surface area contributed by atoms with Crippen molar-refractivity contribution in [2.75, 3.05) is 14.2 Å². The lowest BCUT2D eigenvalue weighted by Crippen LogP contribution is -2.23. The molecule has 22 heavy (non-hydrogen) atoms. The summed E-state index contributed by atoms with van der Waals surface area (Å²) in [7, 11) is -0.639. The van der Waals surface area contributed by atoms with Crippen LogP contribution in [-0.2, 0) is 16.6 Å². The minimum absolute atomic E-state index is 0.137. The predicted molar refractivity (Wildman–Crippen MR) is 84.8 cm³/mol. The van der Waals surface area contributed by atoms with Gasteiger partial charge in [-0.05, 0) is 42.3 Å². The fourth-order valence-corrected chi connectivity index (χ4v) is 3.30. The lowest BCUT2D eigenvalue weighted by Gasteiger charge is -2.12. The Morgan fingerprint density at radius 2 is 1.82 bits per heavy atom. The van der Waals surface area contributed by atoms with E-state index in [-0.39, 0.29) is 11.4 Å². The monoisotopic (exact) mass is 321 g/mol. The van der Waals surface area contributed by atoms with Crippen LogP contribution in [0.3, 0.4) is 0 Å². The van der Waals surface area contributed by atoms with Crippen LogP contribution >= 0.6 is 0 Å². The molecule has 0 radical (unpaired) electrons. The molecule has 0 saturated heterocycles. The zero-order valence-corrected chi connectivity index (χ0v) is 13.6. The summed E-state index contributed by atoms with van der Waals surface area (Å²) in [6.07, 6.45) is 0. The minimum atomic E-state index is -3.66. The second-order valence-electron chi connectivity index (χ2n) is 4.83. The summed E-state index contributed by atoms with van der Waals surface area (Å²) >= 11 is 0. The van der Waals surface area contributed by atoms with Gasteiger partial charge in [-0.15, -0.1) is 0 Å². The Balaban J connectivity index is 2.22. The summed E-state index contributed by atoms with van der Waals surface area (Å²) in [5.41, 5.74) is 1.66. The van der Waals surface area contributed by atoms with Gasteiger partial charge in [0.2, 0.25) is 10.0 Å². The Labute approximate surface area is 130 Å². The maximum absolute atomic E-state index is 12.5. The summed E-state index contributed by atoms with van der Waals surface area (Å²) in [6, 6.07) is 12.3. The Bertz CT molecular complexity index is 756. The molecule has 2 rings (SSSR count). The smallest absolute Gasteiger partial charge is 0.244 e. The van der Waals surface area contributed by atoms with Gasteiger partial charge < -0.3 is 9.47 Å². The van der Waals surface area contributed by atoms with E-state index in [1.54, 1.807) is 31.4 Å². The van der Waals surface area contributed by atoms with Gasteiger partial charge in [-0.25, -0.2) is 13.1 Å². The van der Waals surface area contributed by atoms with Gasteiger partial charge in [0, 0.05) is 6.54 Å². The fourth-order valence-electron chi connectivity index (χ4n) is 2.03. The van der Waals surface area contributed by atoms with Crippen LogP contribution in [0.2, 0.25) is 0 Å². The second-order valence-corrected chi connectivity index (χ2v) is 6.57. The van der Waals surface area contributed by atoms with Gasteiger partial charge in [-0.2, -0.15) is 0 Å². The van der Waals surface area contributed by atoms with Gasteiger partial charge >= 0.3 is 0 Å². The van der Waals surface area contributed by atoms with E-state index >= 15 is 0 Å². The van der Waals surface area contributed by atoms with Gasteiger partial charge in [-0.3, -0.25) is 0 Å². The molecule has 5 nitrogen and oxygen atoms in total. The molecule has 0 spiro atoms. The molecule has 0 bridgehead atoms. The van der Waals surface area contributed by atoms with Crippen molar-refractivity contribution in [3.05, 3.63) is 53.6 Å². The Morgan fingerprint density at radius 3 is 2.50 bits per heavy atom. The molecular formula is C16H19NO4S. The molecule has 0 heterocycles. The van der Waals surface area contributed by atoms with E-state index in [2.05, 4.69) is 4.72 Å². The SMILES string of the molecule is COc1cccc(CNS(=O)(=O)c2cc(C)ccc2OC)c1. The van der Waals surface area contributed by atoms with Crippen LogP contribution in [0.25, 0.3) is 0 Å². The van der Waals surface area contributed by atoms with Crippen LogP contribution in [0.5, 0.6) is 11.5 Å². The number of ether oxygens (including phenoxy) is 2. The van der Waals surface area contributed by atoms with Crippen molar-refractivity contribution < 1.29 is 17.9 Å². The van der Waals surface area contributed by atoms with Gasteiger partial charge in [0.15, 0.2) is 0 Å². The molecule has 0 aromatic heterocycles. The zero-order chi connectivity index (χ0) is 16.2. The first-order chi connectivity index (χ1) is 10.5. The number of hydrogen-bond donors (Lipinski definition) is 1. The highest BCUT2D eigenvalue weighted by atomic mass is 32.2. The molecule has 0 aliphatic heterocycles. The molecule has 0 aliphatic rings. The zero-order valence-electron chi connectivity index (χ0n) is 12.8. The van der Waals surface area contributed by atoms with E-state index in [9.17, 15) is 8.42 Å². The van der Waals surface area contributed by atoms with E-state index in [4.69, 9.17) is 9.47 Å². The number of sulfonamides is 1. The summed E-state index contributed by atoms with van der Waals surface area (Å²) < 4.78 is 37.8. The molecule has 2 aromatic rings. The molecule has 0 unspecified atom stereocenters. The number of nitrogens with one attached hydrogen (secondary N) is 1. The molecule has 0 fully saturated rings. The summed E-state index contributed by atoms with van der Waals surface area (Å²) in [4.78, 5) is 0.137. The predicted octanol–water partition coefficient (Wildman–Crippen LogP) is 2.49. The molecule has 0 aliphatic carbocycles. The van der Waals surface area contributed by atoms with Crippen LogP contribution in [0.4, 0.5) is 0 Å². The fraction of sp³-hybridized carbons (Fsp3) is 0.250. The van der Waals surface area contributed by atoms with Crippen molar-refractivity contribution in [2.24, 2.45) is 0 Å². The van der Waals surface area contributed by atoms with Gasteiger partial charge in [0.05, 0.1) is 14.2 Å². The van der Waals surface area contributed by atoms with Crippen molar-refractivity contribution in [1.82, 2.24) is 4.72 Å². The van der Waals surface area contributed by atoms with Crippen molar-refractivity contribution in [2.45, 2.75) is 18.4 Å². The molecule has 0 saturated carbocycles. The highest BCUT2D eigenvalue weighted by Crippen LogP contribution is 2.24. The van der Waals surface area contributed by atoms with Crippen molar-refractivity contribution in [1.29, 1.82) is 0 Å². The average molecular weight is 321 g/mol. The maximum atomic E-state index is 12.5. The van der Waals surface area contributed by atoms with Crippen LogP contribution in [0.15, 0.2) is 47.4 Å². The summed E-state index contributed by atoms with van der Waals surface area (Å²) in [5, 5.41) is 0. The number of rotatable bonds is 6. The summed E-state index contributed by atoms with van der Waals surface area (Å²) in [5.74, 6) is 1.01. The van der Waals surface area contributed by atoms with Crippen LogP contribution < -0.4 is 14.2 Å².